The van der Waals surface area contributed by atoms with Gasteiger partial charge in [-0.3, -0.25) is 4.79 Å². The fourth-order valence-electron chi connectivity index (χ4n) is 4.10. The summed E-state index contributed by atoms with van der Waals surface area (Å²) < 4.78 is 7.13. The number of pyridine rings is 1. The molecule has 0 saturated carbocycles. The minimum absolute atomic E-state index is 0.0378. The van der Waals surface area contributed by atoms with Crippen molar-refractivity contribution in [1.82, 2.24) is 14.8 Å². The molecule has 0 fully saturated rings. The number of nitrogens with one attached hydrogen (secondary N) is 1. The van der Waals surface area contributed by atoms with Crippen LogP contribution in [-0.2, 0) is 11.2 Å². The average Bonchev–Trinajstić information content (AvgIpc) is 3.10. The van der Waals surface area contributed by atoms with Crippen molar-refractivity contribution in [2.45, 2.75) is 40.5 Å². The zero-order valence-electron chi connectivity index (χ0n) is 19.2. The van der Waals surface area contributed by atoms with Crippen molar-refractivity contribution in [1.29, 1.82) is 0 Å². The van der Waals surface area contributed by atoms with E-state index in [9.17, 15) is 4.79 Å². The van der Waals surface area contributed by atoms with Gasteiger partial charge in [0.1, 0.15) is 5.75 Å². The number of rotatable bonds is 6. The van der Waals surface area contributed by atoms with Crippen LogP contribution >= 0.6 is 0 Å². The van der Waals surface area contributed by atoms with E-state index in [1.165, 1.54) is 5.56 Å². The largest absolute Gasteiger partial charge is 0.497 e. The molecular weight excluding hydrogens is 400 g/mol. The number of aryl methyl sites for hydroxylation is 4. The van der Waals surface area contributed by atoms with E-state index < -0.39 is 0 Å². The lowest BCUT2D eigenvalue weighted by molar-refractivity contribution is -0.116. The van der Waals surface area contributed by atoms with Crippen LogP contribution in [0, 0.1) is 27.7 Å². The van der Waals surface area contributed by atoms with Gasteiger partial charge in [-0.25, -0.2) is 9.67 Å². The maximum atomic E-state index is 12.6. The van der Waals surface area contributed by atoms with Crippen LogP contribution in [0.5, 0.6) is 5.75 Å². The van der Waals surface area contributed by atoms with Gasteiger partial charge in [0.15, 0.2) is 5.65 Å². The highest BCUT2D eigenvalue weighted by Crippen LogP contribution is 2.28. The van der Waals surface area contributed by atoms with Gasteiger partial charge in [-0.05, 0) is 69.5 Å². The van der Waals surface area contributed by atoms with E-state index in [1.807, 2.05) is 42.8 Å². The standard InChI is InChI=1S/C26H28N4O2/c1-16-9-11-21(12-10-16)30-26-25(19(4)29-30)17(2)23(18(3)27-26)13-14-24(31)28-20-7-6-8-22(15-20)32-5/h6-12,15H,13-14H2,1-5H3,(H,28,31). The monoisotopic (exact) mass is 428 g/mol. The lowest BCUT2D eigenvalue weighted by atomic mass is 9.99. The molecule has 6 heteroatoms. The number of anilines is 1. The van der Waals surface area contributed by atoms with Crippen molar-refractivity contribution < 1.29 is 9.53 Å². The zero-order chi connectivity index (χ0) is 22.8. The molecule has 4 aromatic rings. The highest BCUT2D eigenvalue weighted by Gasteiger charge is 2.18. The van der Waals surface area contributed by atoms with Gasteiger partial charge in [0.05, 0.1) is 18.5 Å². The summed E-state index contributed by atoms with van der Waals surface area (Å²) in [5.41, 5.74) is 7.88. The minimum Gasteiger partial charge on any atom is -0.497 e. The number of nitrogens with zero attached hydrogens (tertiary/aromatic N) is 3. The number of ether oxygens (including phenoxy) is 1. The number of fused-ring (bicyclic) bond motifs is 1. The Morgan fingerprint density at radius 2 is 1.78 bits per heavy atom. The number of benzene rings is 2. The van der Waals surface area contributed by atoms with E-state index >= 15 is 0 Å². The summed E-state index contributed by atoms with van der Waals surface area (Å²) in [6.45, 7) is 8.18. The number of aromatic nitrogens is 3. The molecule has 1 N–H and O–H groups in total. The summed E-state index contributed by atoms with van der Waals surface area (Å²) in [6, 6.07) is 15.6. The van der Waals surface area contributed by atoms with Gasteiger partial charge in [0.2, 0.25) is 5.91 Å². The number of carbonyl (C=O) groups is 1. The molecule has 0 aliphatic heterocycles. The smallest absolute Gasteiger partial charge is 0.224 e. The molecule has 0 spiro atoms. The lowest BCUT2D eigenvalue weighted by Gasteiger charge is -2.12. The molecule has 2 aromatic carbocycles. The first-order chi connectivity index (χ1) is 15.4. The Bertz CT molecular complexity index is 1290. The third-order valence-corrected chi connectivity index (χ3v) is 5.81. The van der Waals surface area contributed by atoms with Crippen LogP contribution < -0.4 is 10.1 Å². The van der Waals surface area contributed by atoms with E-state index in [0.29, 0.717) is 18.6 Å². The number of amides is 1. The molecule has 0 bridgehead atoms. The Morgan fingerprint density at radius 3 is 2.50 bits per heavy atom. The van der Waals surface area contributed by atoms with Crippen molar-refractivity contribution in [3.63, 3.8) is 0 Å². The van der Waals surface area contributed by atoms with Crippen LogP contribution in [0.2, 0.25) is 0 Å². The first-order valence-electron chi connectivity index (χ1n) is 10.7. The van der Waals surface area contributed by atoms with Gasteiger partial charge >= 0.3 is 0 Å². The molecule has 2 aromatic heterocycles. The highest BCUT2D eigenvalue weighted by atomic mass is 16.5. The molecule has 0 saturated heterocycles. The first-order valence-corrected chi connectivity index (χ1v) is 10.7. The van der Waals surface area contributed by atoms with Crippen LogP contribution in [0.15, 0.2) is 48.5 Å². The molecule has 4 rings (SSSR count). The van der Waals surface area contributed by atoms with E-state index in [-0.39, 0.29) is 5.91 Å². The molecule has 0 radical (unpaired) electrons. The van der Waals surface area contributed by atoms with Crippen LogP contribution in [0.25, 0.3) is 16.7 Å². The summed E-state index contributed by atoms with van der Waals surface area (Å²) in [5, 5.41) is 8.77. The SMILES string of the molecule is COc1cccc(NC(=O)CCc2c(C)nc3c(c(C)nn3-c3ccc(C)cc3)c2C)c1. The Labute approximate surface area is 188 Å². The van der Waals surface area contributed by atoms with E-state index in [1.54, 1.807) is 7.11 Å². The predicted molar refractivity (Wildman–Crippen MR) is 128 cm³/mol. The quantitative estimate of drug-likeness (QED) is 0.456. The highest BCUT2D eigenvalue weighted by molar-refractivity contribution is 5.91. The Balaban J connectivity index is 1.59. The van der Waals surface area contributed by atoms with E-state index in [2.05, 4.69) is 43.4 Å². The van der Waals surface area contributed by atoms with Gasteiger partial charge in [-0.15, -0.1) is 0 Å². The van der Waals surface area contributed by atoms with E-state index in [4.69, 9.17) is 14.8 Å². The third-order valence-electron chi connectivity index (χ3n) is 5.81. The second kappa shape index (κ2) is 8.83. The van der Waals surface area contributed by atoms with Crippen molar-refractivity contribution in [2.24, 2.45) is 0 Å². The molecule has 1 amide bonds. The van der Waals surface area contributed by atoms with Crippen molar-refractivity contribution in [3.8, 4) is 11.4 Å². The van der Waals surface area contributed by atoms with Gasteiger partial charge < -0.3 is 10.1 Å². The summed E-state index contributed by atoms with van der Waals surface area (Å²) >= 11 is 0. The van der Waals surface area contributed by atoms with Crippen molar-refractivity contribution in [3.05, 3.63) is 76.6 Å². The van der Waals surface area contributed by atoms with Crippen LogP contribution in [0.3, 0.4) is 0 Å². The number of carbonyl (C=O) groups excluding carboxylic acids is 1. The third kappa shape index (κ3) is 4.21. The second-order valence-electron chi connectivity index (χ2n) is 8.11. The number of hydrogen-bond acceptors (Lipinski definition) is 4. The maximum Gasteiger partial charge on any atom is 0.224 e. The van der Waals surface area contributed by atoms with Crippen LogP contribution in [0.1, 0.15) is 34.5 Å². The molecule has 2 heterocycles. The summed E-state index contributed by atoms with van der Waals surface area (Å²) in [6.07, 6.45) is 0.989. The Morgan fingerprint density at radius 1 is 1.03 bits per heavy atom. The summed E-state index contributed by atoms with van der Waals surface area (Å²) in [4.78, 5) is 17.5. The Hall–Kier alpha value is -3.67. The van der Waals surface area contributed by atoms with Gasteiger partial charge in [0, 0.05) is 29.3 Å². The molecule has 6 nitrogen and oxygen atoms in total. The molecule has 0 aliphatic rings. The van der Waals surface area contributed by atoms with Crippen molar-refractivity contribution >= 4 is 22.6 Å². The van der Waals surface area contributed by atoms with Crippen LogP contribution in [-0.4, -0.2) is 27.8 Å². The maximum absolute atomic E-state index is 12.6. The average molecular weight is 429 g/mol. The van der Waals surface area contributed by atoms with E-state index in [0.717, 1.165) is 44.9 Å². The first kappa shape index (κ1) is 21.6. The zero-order valence-corrected chi connectivity index (χ0v) is 19.2. The van der Waals surface area contributed by atoms with Crippen LogP contribution in [0.4, 0.5) is 5.69 Å². The predicted octanol–water partition coefficient (Wildman–Crippen LogP) is 5.23. The minimum atomic E-state index is -0.0378. The fourth-order valence-corrected chi connectivity index (χ4v) is 4.10. The second-order valence-corrected chi connectivity index (χ2v) is 8.11. The Kier molecular flexibility index (Phi) is 5.95. The summed E-state index contributed by atoms with van der Waals surface area (Å²) in [5.74, 6) is 0.675. The van der Waals surface area contributed by atoms with Crippen molar-refractivity contribution in [2.75, 3.05) is 12.4 Å². The molecule has 164 valence electrons. The summed E-state index contributed by atoms with van der Waals surface area (Å²) in [7, 11) is 1.61. The lowest BCUT2D eigenvalue weighted by Crippen LogP contribution is -2.13. The number of methoxy groups -OCH3 is 1. The normalized spacial score (nSPS) is 11.0. The topological polar surface area (TPSA) is 69.0 Å². The molecule has 32 heavy (non-hydrogen) atoms. The molecule has 0 aliphatic carbocycles. The number of hydrogen-bond donors (Lipinski definition) is 1. The van der Waals surface area contributed by atoms with Gasteiger partial charge in [-0.2, -0.15) is 5.10 Å². The van der Waals surface area contributed by atoms with Gasteiger partial charge in [0.25, 0.3) is 0 Å². The fraction of sp³-hybridized carbons (Fsp3) is 0.269. The van der Waals surface area contributed by atoms with Gasteiger partial charge in [-0.1, -0.05) is 23.8 Å². The molecular formula is C26H28N4O2. The molecule has 0 unspecified atom stereocenters. The molecule has 0 atom stereocenters.